The first kappa shape index (κ1) is 11.9. The molecule has 98 valence electrons. The summed E-state index contributed by atoms with van der Waals surface area (Å²) in [5.41, 5.74) is 8.40. The number of nitrogens with two attached hydrogens (primary N) is 1. The number of fused-ring (bicyclic) bond motifs is 1. The molecule has 1 aliphatic carbocycles. The highest BCUT2D eigenvalue weighted by atomic mass is 15.2. The molecular formula is C14H17N5. The third-order valence-electron chi connectivity index (χ3n) is 3.44. The summed E-state index contributed by atoms with van der Waals surface area (Å²) in [6.07, 6.45) is 3.41. The Balaban J connectivity index is 1.88. The minimum atomic E-state index is 0.256. The highest BCUT2D eigenvalue weighted by molar-refractivity contribution is 5.40. The van der Waals surface area contributed by atoms with Gasteiger partial charge in [-0.3, -0.25) is 0 Å². The van der Waals surface area contributed by atoms with Gasteiger partial charge in [-0.15, -0.1) is 0 Å². The predicted octanol–water partition coefficient (Wildman–Crippen LogP) is 2.25. The van der Waals surface area contributed by atoms with Crippen molar-refractivity contribution >= 4 is 11.9 Å². The molecule has 3 N–H and O–H groups in total. The average molecular weight is 255 g/mol. The van der Waals surface area contributed by atoms with Crippen molar-refractivity contribution in [3.63, 3.8) is 0 Å². The molecule has 0 amide bonds. The van der Waals surface area contributed by atoms with Crippen LogP contribution < -0.4 is 11.1 Å². The van der Waals surface area contributed by atoms with Crippen LogP contribution in [0.3, 0.4) is 0 Å². The molecule has 1 atom stereocenters. The molecular weight excluding hydrogens is 238 g/mol. The van der Waals surface area contributed by atoms with E-state index >= 15 is 0 Å². The van der Waals surface area contributed by atoms with Crippen LogP contribution in [0.5, 0.6) is 0 Å². The minimum absolute atomic E-state index is 0.256. The molecule has 0 aliphatic heterocycles. The molecule has 2 aromatic rings. The Morgan fingerprint density at radius 1 is 1.21 bits per heavy atom. The number of hydrogen-bond donors (Lipinski definition) is 2. The lowest BCUT2D eigenvalue weighted by molar-refractivity contribution is 0.596. The summed E-state index contributed by atoms with van der Waals surface area (Å²) >= 11 is 0. The van der Waals surface area contributed by atoms with Crippen LogP contribution in [0.1, 0.15) is 35.8 Å². The summed E-state index contributed by atoms with van der Waals surface area (Å²) in [6, 6.07) is 8.78. The molecule has 1 aromatic carbocycles. The van der Waals surface area contributed by atoms with Gasteiger partial charge >= 0.3 is 0 Å². The standard InChI is InChI=1S/C14H17N5/c1-9-16-13(15)19-14(17-9)18-12-8-4-6-10-5-2-3-7-11(10)12/h2-3,5,7,12H,4,6,8H2,1H3,(H3,15,16,17,18,19)/t12-/m1/s1. The van der Waals surface area contributed by atoms with Crippen LogP contribution in [0, 0.1) is 6.92 Å². The van der Waals surface area contributed by atoms with E-state index in [4.69, 9.17) is 5.73 Å². The molecule has 5 nitrogen and oxygen atoms in total. The third kappa shape index (κ3) is 2.50. The second-order valence-electron chi connectivity index (χ2n) is 4.85. The van der Waals surface area contributed by atoms with Crippen LogP contribution in [-0.4, -0.2) is 15.0 Å². The average Bonchev–Trinajstić information content (AvgIpc) is 2.38. The highest BCUT2D eigenvalue weighted by Gasteiger charge is 2.20. The Labute approximate surface area is 112 Å². The zero-order valence-corrected chi connectivity index (χ0v) is 10.9. The quantitative estimate of drug-likeness (QED) is 0.860. The number of rotatable bonds is 2. The van der Waals surface area contributed by atoms with E-state index < -0.39 is 0 Å². The molecule has 19 heavy (non-hydrogen) atoms. The number of nitrogens with zero attached hydrogens (tertiary/aromatic N) is 3. The Hall–Kier alpha value is -2.17. The van der Waals surface area contributed by atoms with E-state index in [1.165, 1.54) is 17.5 Å². The lowest BCUT2D eigenvalue weighted by Gasteiger charge is -2.26. The number of nitrogen functional groups attached to an aromatic ring is 1. The van der Waals surface area contributed by atoms with Gasteiger partial charge < -0.3 is 11.1 Å². The van der Waals surface area contributed by atoms with Gasteiger partial charge in [0.05, 0.1) is 6.04 Å². The molecule has 0 radical (unpaired) electrons. The highest BCUT2D eigenvalue weighted by Crippen LogP contribution is 2.31. The molecule has 0 saturated carbocycles. The van der Waals surface area contributed by atoms with Crippen molar-refractivity contribution in [2.24, 2.45) is 0 Å². The predicted molar refractivity (Wildman–Crippen MR) is 74.7 cm³/mol. The normalized spacial score (nSPS) is 17.8. The number of aromatic nitrogens is 3. The summed E-state index contributed by atoms with van der Waals surface area (Å²) in [4.78, 5) is 12.4. The van der Waals surface area contributed by atoms with Gasteiger partial charge in [0.2, 0.25) is 11.9 Å². The van der Waals surface area contributed by atoms with E-state index in [2.05, 4.69) is 44.5 Å². The zero-order valence-electron chi connectivity index (χ0n) is 10.9. The maximum atomic E-state index is 5.66. The summed E-state index contributed by atoms with van der Waals surface area (Å²) < 4.78 is 0. The SMILES string of the molecule is Cc1nc(N)nc(N[C@@H]2CCCc3ccccc32)n1. The first-order valence-electron chi connectivity index (χ1n) is 6.55. The molecule has 0 bridgehead atoms. The summed E-state index contributed by atoms with van der Waals surface area (Å²) in [5.74, 6) is 1.46. The summed E-state index contributed by atoms with van der Waals surface area (Å²) in [6.45, 7) is 1.82. The lowest BCUT2D eigenvalue weighted by Crippen LogP contribution is -2.19. The van der Waals surface area contributed by atoms with Crippen molar-refractivity contribution < 1.29 is 0 Å². The maximum Gasteiger partial charge on any atom is 0.228 e. The van der Waals surface area contributed by atoms with Crippen molar-refractivity contribution in [2.45, 2.75) is 32.2 Å². The monoisotopic (exact) mass is 255 g/mol. The fraction of sp³-hybridized carbons (Fsp3) is 0.357. The van der Waals surface area contributed by atoms with Gasteiger partial charge in [0.15, 0.2) is 0 Å². The van der Waals surface area contributed by atoms with Crippen LogP contribution in [-0.2, 0) is 6.42 Å². The second-order valence-corrected chi connectivity index (χ2v) is 4.85. The zero-order chi connectivity index (χ0) is 13.2. The van der Waals surface area contributed by atoms with Crippen molar-refractivity contribution in [3.05, 3.63) is 41.2 Å². The van der Waals surface area contributed by atoms with Crippen LogP contribution >= 0.6 is 0 Å². The fourth-order valence-corrected chi connectivity index (χ4v) is 2.63. The number of nitrogens with one attached hydrogen (secondary N) is 1. The molecule has 5 heteroatoms. The molecule has 0 spiro atoms. The minimum Gasteiger partial charge on any atom is -0.368 e. The van der Waals surface area contributed by atoms with Gasteiger partial charge in [-0.25, -0.2) is 0 Å². The Morgan fingerprint density at radius 2 is 2.05 bits per heavy atom. The van der Waals surface area contributed by atoms with Crippen molar-refractivity contribution in [1.82, 2.24) is 15.0 Å². The second kappa shape index (κ2) is 4.84. The largest absolute Gasteiger partial charge is 0.368 e. The van der Waals surface area contributed by atoms with Crippen molar-refractivity contribution in [3.8, 4) is 0 Å². The molecule has 3 rings (SSSR count). The molecule has 1 heterocycles. The van der Waals surface area contributed by atoms with Crippen molar-refractivity contribution in [2.75, 3.05) is 11.1 Å². The van der Waals surface area contributed by atoms with Crippen LogP contribution in [0.2, 0.25) is 0 Å². The van der Waals surface area contributed by atoms with Gasteiger partial charge in [0, 0.05) is 0 Å². The summed E-state index contributed by atoms with van der Waals surface area (Å²) in [5, 5.41) is 3.38. The first-order chi connectivity index (χ1) is 9.22. The molecule has 1 aromatic heterocycles. The first-order valence-corrected chi connectivity index (χ1v) is 6.55. The molecule has 0 fully saturated rings. The Bertz CT molecular complexity index is 576. The molecule has 0 unspecified atom stereocenters. The molecule has 1 aliphatic rings. The smallest absolute Gasteiger partial charge is 0.228 e. The number of hydrogen-bond acceptors (Lipinski definition) is 5. The van der Waals surface area contributed by atoms with Gasteiger partial charge in [-0.2, -0.15) is 15.0 Å². The van der Waals surface area contributed by atoms with E-state index in [9.17, 15) is 0 Å². The van der Waals surface area contributed by atoms with E-state index in [1.54, 1.807) is 0 Å². The van der Waals surface area contributed by atoms with E-state index in [0.29, 0.717) is 11.8 Å². The number of aryl methyl sites for hydroxylation is 2. The van der Waals surface area contributed by atoms with Crippen LogP contribution in [0.15, 0.2) is 24.3 Å². The topological polar surface area (TPSA) is 76.7 Å². The maximum absolute atomic E-state index is 5.66. The van der Waals surface area contributed by atoms with Crippen LogP contribution in [0.25, 0.3) is 0 Å². The van der Waals surface area contributed by atoms with Gasteiger partial charge in [-0.05, 0) is 37.3 Å². The van der Waals surface area contributed by atoms with Gasteiger partial charge in [-0.1, -0.05) is 24.3 Å². The van der Waals surface area contributed by atoms with Crippen LogP contribution in [0.4, 0.5) is 11.9 Å². The van der Waals surface area contributed by atoms with Gasteiger partial charge in [0.25, 0.3) is 0 Å². The van der Waals surface area contributed by atoms with E-state index in [1.807, 2.05) is 6.92 Å². The van der Waals surface area contributed by atoms with E-state index in [-0.39, 0.29) is 12.0 Å². The number of benzene rings is 1. The molecule has 0 saturated heterocycles. The summed E-state index contributed by atoms with van der Waals surface area (Å²) in [7, 11) is 0. The lowest BCUT2D eigenvalue weighted by atomic mass is 9.88. The van der Waals surface area contributed by atoms with Gasteiger partial charge in [0.1, 0.15) is 5.82 Å². The van der Waals surface area contributed by atoms with E-state index in [0.717, 1.165) is 12.8 Å². The third-order valence-corrected chi connectivity index (χ3v) is 3.44. The fourth-order valence-electron chi connectivity index (χ4n) is 2.63. The Morgan fingerprint density at radius 3 is 2.89 bits per heavy atom. The Kier molecular flexibility index (Phi) is 3.03. The number of anilines is 2. The van der Waals surface area contributed by atoms with Crippen molar-refractivity contribution in [1.29, 1.82) is 0 Å².